The monoisotopic (exact) mass is 224 g/mol. The molecule has 1 rings (SSSR count). The summed E-state index contributed by atoms with van der Waals surface area (Å²) in [6, 6.07) is 1.58. The number of carbonyl (C=O) groups is 1. The van der Waals surface area contributed by atoms with Crippen LogP contribution in [-0.4, -0.2) is 30.0 Å². The van der Waals surface area contributed by atoms with Gasteiger partial charge in [-0.3, -0.25) is 4.79 Å². The molecule has 0 N–H and O–H groups in total. The third-order valence-electron chi connectivity index (χ3n) is 2.33. The highest BCUT2D eigenvalue weighted by Gasteiger charge is 2.19. The number of methoxy groups -OCH3 is 2. The number of rotatable bonds is 5. The van der Waals surface area contributed by atoms with Crippen LogP contribution in [0.3, 0.4) is 0 Å². The zero-order valence-corrected chi connectivity index (χ0v) is 9.98. The van der Waals surface area contributed by atoms with Crippen molar-refractivity contribution in [3.63, 3.8) is 0 Å². The predicted octanol–water partition coefficient (Wildman–Crippen LogP) is 1.58. The molecule has 88 valence electrons. The minimum Gasteiger partial charge on any atom is -0.481 e. The Balaban J connectivity index is 3.15. The van der Waals surface area contributed by atoms with Gasteiger partial charge in [-0.05, 0) is 13.3 Å². The minimum atomic E-state index is -0.302. The number of aromatic nitrogens is 2. The van der Waals surface area contributed by atoms with Crippen molar-refractivity contribution in [2.45, 2.75) is 26.2 Å². The number of ether oxygens (including phenoxy) is 2. The Morgan fingerprint density at radius 3 is 2.12 bits per heavy atom. The largest absolute Gasteiger partial charge is 0.481 e. The highest BCUT2D eigenvalue weighted by Crippen LogP contribution is 2.22. The highest BCUT2D eigenvalue weighted by atomic mass is 16.5. The summed E-state index contributed by atoms with van der Waals surface area (Å²) in [6.07, 6.45) is 0.658. The molecule has 0 aliphatic rings. The fourth-order valence-electron chi connectivity index (χ4n) is 1.44. The first kappa shape index (κ1) is 12.4. The standard InChI is InChI=1S/C11H16N2O3/c1-5-8(7(2)14)11-12-9(15-3)6-10(13-11)16-4/h6,8H,5H2,1-4H3. The molecule has 1 heterocycles. The smallest absolute Gasteiger partial charge is 0.220 e. The number of hydrogen-bond donors (Lipinski definition) is 0. The lowest BCUT2D eigenvalue weighted by Crippen LogP contribution is -2.12. The fourth-order valence-corrected chi connectivity index (χ4v) is 1.44. The van der Waals surface area contributed by atoms with E-state index in [9.17, 15) is 4.79 Å². The lowest BCUT2D eigenvalue weighted by molar-refractivity contribution is -0.118. The number of hydrogen-bond acceptors (Lipinski definition) is 5. The van der Waals surface area contributed by atoms with Gasteiger partial charge in [0.25, 0.3) is 0 Å². The second-order valence-corrected chi connectivity index (χ2v) is 3.38. The van der Waals surface area contributed by atoms with Gasteiger partial charge in [0, 0.05) is 0 Å². The second-order valence-electron chi connectivity index (χ2n) is 3.38. The number of ketones is 1. The Morgan fingerprint density at radius 2 is 1.81 bits per heavy atom. The summed E-state index contributed by atoms with van der Waals surface area (Å²) < 4.78 is 10.1. The van der Waals surface area contributed by atoms with E-state index in [0.717, 1.165) is 0 Å². The van der Waals surface area contributed by atoms with Crippen LogP contribution in [0.25, 0.3) is 0 Å². The molecule has 0 bridgehead atoms. The summed E-state index contributed by atoms with van der Waals surface area (Å²) in [6.45, 7) is 3.45. The zero-order valence-electron chi connectivity index (χ0n) is 9.98. The van der Waals surface area contributed by atoms with Gasteiger partial charge in [-0.2, -0.15) is 9.97 Å². The van der Waals surface area contributed by atoms with Crippen molar-refractivity contribution in [1.29, 1.82) is 0 Å². The van der Waals surface area contributed by atoms with Crippen molar-refractivity contribution in [1.82, 2.24) is 9.97 Å². The molecular weight excluding hydrogens is 208 g/mol. The lowest BCUT2D eigenvalue weighted by Gasteiger charge is -2.11. The Kier molecular flexibility index (Phi) is 4.22. The molecule has 5 nitrogen and oxygen atoms in total. The lowest BCUT2D eigenvalue weighted by atomic mass is 10.0. The van der Waals surface area contributed by atoms with E-state index >= 15 is 0 Å². The average molecular weight is 224 g/mol. The van der Waals surface area contributed by atoms with E-state index in [-0.39, 0.29) is 11.7 Å². The SMILES string of the molecule is CCC(C(C)=O)c1nc(OC)cc(OC)n1. The van der Waals surface area contributed by atoms with E-state index in [2.05, 4.69) is 9.97 Å². The zero-order chi connectivity index (χ0) is 12.1. The molecular formula is C11H16N2O3. The van der Waals surface area contributed by atoms with Gasteiger partial charge in [-0.25, -0.2) is 0 Å². The summed E-state index contributed by atoms with van der Waals surface area (Å²) in [7, 11) is 3.03. The Morgan fingerprint density at radius 1 is 1.31 bits per heavy atom. The molecule has 0 saturated carbocycles. The molecule has 0 amide bonds. The molecule has 1 atom stereocenters. The summed E-state index contributed by atoms with van der Waals surface area (Å²) in [5, 5.41) is 0. The van der Waals surface area contributed by atoms with E-state index in [0.29, 0.717) is 24.0 Å². The van der Waals surface area contributed by atoms with Crippen molar-refractivity contribution in [2.75, 3.05) is 14.2 Å². The summed E-state index contributed by atoms with van der Waals surface area (Å²) in [4.78, 5) is 19.7. The third kappa shape index (κ3) is 2.68. The van der Waals surface area contributed by atoms with E-state index < -0.39 is 0 Å². The molecule has 0 radical (unpaired) electrons. The van der Waals surface area contributed by atoms with Gasteiger partial charge >= 0.3 is 0 Å². The first-order valence-electron chi connectivity index (χ1n) is 5.09. The molecule has 0 aliphatic carbocycles. The molecule has 1 unspecified atom stereocenters. The van der Waals surface area contributed by atoms with Crippen LogP contribution in [0.2, 0.25) is 0 Å². The van der Waals surface area contributed by atoms with Crippen LogP contribution in [0.4, 0.5) is 0 Å². The Bertz CT molecular complexity index is 357. The van der Waals surface area contributed by atoms with Gasteiger partial charge in [-0.15, -0.1) is 0 Å². The number of carbonyl (C=O) groups excluding carboxylic acids is 1. The Hall–Kier alpha value is -1.65. The van der Waals surface area contributed by atoms with Gasteiger partial charge in [-0.1, -0.05) is 6.92 Å². The first-order chi connectivity index (χ1) is 7.62. The number of Topliss-reactive ketones (excluding diaryl/α,β-unsaturated/α-hetero) is 1. The van der Waals surface area contributed by atoms with E-state index in [1.807, 2.05) is 6.92 Å². The molecule has 1 aromatic heterocycles. The van der Waals surface area contributed by atoms with Crippen LogP contribution >= 0.6 is 0 Å². The van der Waals surface area contributed by atoms with Crippen LogP contribution in [0.1, 0.15) is 32.0 Å². The van der Waals surface area contributed by atoms with Gasteiger partial charge in [0.15, 0.2) is 0 Å². The molecule has 0 spiro atoms. The van der Waals surface area contributed by atoms with Crippen molar-refractivity contribution in [3.8, 4) is 11.8 Å². The van der Waals surface area contributed by atoms with E-state index in [1.54, 1.807) is 6.07 Å². The summed E-state index contributed by atoms with van der Waals surface area (Å²) in [5.41, 5.74) is 0. The summed E-state index contributed by atoms with van der Waals surface area (Å²) in [5.74, 6) is 0.996. The molecule has 1 aromatic rings. The van der Waals surface area contributed by atoms with E-state index in [1.165, 1.54) is 21.1 Å². The predicted molar refractivity (Wildman–Crippen MR) is 58.8 cm³/mol. The van der Waals surface area contributed by atoms with Crippen molar-refractivity contribution >= 4 is 5.78 Å². The minimum absolute atomic E-state index is 0.0396. The van der Waals surface area contributed by atoms with Gasteiger partial charge in [0.05, 0.1) is 26.2 Å². The molecule has 16 heavy (non-hydrogen) atoms. The van der Waals surface area contributed by atoms with Gasteiger partial charge < -0.3 is 9.47 Å². The maximum Gasteiger partial charge on any atom is 0.220 e. The van der Waals surface area contributed by atoms with Crippen LogP contribution < -0.4 is 9.47 Å². The molecule has 0 aromatic carbocycles. The van der Waals surface area contributed by atoms with Crippen molar-refractivity contribution in [3.05, 3.63) is 11.9 Å². The quantitative estimate of drug-likeness (QED) is 0.759. The van der Waals surface area contributed by atoms with Crippen molar-refractivity contribution < 1.29 is 14.3 Å². The van der Waals surface area contributed by atoms with Crippen LogP contribution in [0.5, 0.6) is 11.8 Å². The first-order valence-corrected chi connectivity index (χ1v) is 5.09. The molecule has 0 saturated heterocycles. The van der Waals surface area contributed by atoms with Crippen LogP contribution in [-0.2, 0) is 4.79 Å². The summed E-state index contributed by atoms with van der Waals surface area (Å²) >= 11 is 0. The normalized spacial score (nSPS) is 12.0. The maximum atomic E-state index is 11.4. The van der Waals surface area contributed by atoms with Gasteiger partial charge in [0.1, 0.15) is 11.6 Å². The van der Waals surface area contributed by atoms with Gasteiger partial charge in [0.2, 0.25) is 11.8 Å². The highest BCUT2D eigenvalue weighted by molar-refractivity contribution is 5.82. The van der Waals surface area contributed by atoms with Crippen LogP contribution in [0.15, 0.2) is 6.07 Å². The third-order valence-corrected chi connectivity index (χ3v) is 2.33. The van der Waals surface area contributed by atoms with E-state index in [4.69, 9.17) is 9.47 Å². The molecule has 0 aliphatic heterocycles. The Labute approximate surface area is 94.8 Å². The fraction of sp³-hybridized carbons (Fsp3) is 0.545. The molecule has 5 heteroatoms. The molecule has 0 fully saturated rings. The second kappa shape index (κ2) is 5.44. The van der Waals surface area contributed by atoms with Crippen LogP contribution in [0, 0.1) is 0 Å². The number of nitrogens with zero attached hydrogens (tertiary/aromatic N) is 2. The average Bonchev–Trinajstić information content (AvgIpc) is 2.29. The topological polar surface area (TPSA) is 61.3 Å². The maximum absolute atomic E-state index is 11.4. The van der Waals surface area contributed by atoms with Crippen molar-refractivity contribution in [2.24, 2.45) is 0 Å².